The number of halogens is 9. The van der Waals surface area contributed by atoms with Gasteiger partial charge in [0, 0.05) is 98.3 Å². The molecule has 0 bridgehead atoms. The summed E-state index contributed by atoms with van der Waals surface area (Å²) in [4.78, 5) is 65.1. The van der Waals surface area contributed by atoms with Crippen molar-refractivity contribution in [3.8, 4) is 34.7 Å². The van der Waals surface area contributed by atoms with Crippen LogP contribution in [0, 0.1) is 0 Å². The van der Waals surface area contributed by atoms with E-state index in [1.54, 1.807) is 183 Å². The fourth-order valence-electron chi connectivity index (χ4n) is 17.6. The number of benzene rings is 9. The van der Waals surface area contributed by atoms with Gasteiger partial charge in [-0.25, -0.2) is 19.5 Å². The number of ether oxygens (including phenoxy) is 9. The summed E-state index contributed by atoms with van der Waals surface area (Å²) >= 11 is 70.2. The van der Waals surface area contributed by atoms with E-state index in [0.717, 1.165) is 0 Å². The first-order valence-electron chi connectivity index (χ1n) is 43.3. The van der Waals surface area contributed by atoms with Gasteiger partial charge in [-0.1, -0.05) is 305 Å². The van der Waals surface area contributed by atoms with Crippen LogP contribution in [0.3, 0.4) is 0 Å². The minimum Gasteiger partial charge on any atom is -0.469 e. The highest BCUT2D eigenvalue weighted by Crippen LogP contribution is 2.66. The van der Waals surface area contributed by atoms with Crippen molar-refractivity contribution in [3.05, 3.63) is 436 Å². The molecular weight excluding hydrogens is 1950 g/mol. The monoisotopic (exact) mass is 2030 g/mol. The third-order valence-electron chi connectivity index (χ3n) is 23.2. The van der Waals surface area contributed by atoms with Crippen LogP contribution >= 0.6 is 112 Å². The van der Waals surface area contributed by atoms with E-state index in [9.17, 15) is 0 Å². The Morgan fingerprint density at radius 3 is 0.715 bits per heavy atom. The summed E-state index contributed by atoms with van der Waals surface area (Å²) in [5.41, 5.74) is -7.85. The van der Waals surface area contributed by atoms with E-state index in [0.29, 0.717) is 33.4 Å². The van der Waals surface area contributed by atoms with Crippen LogP contribution in [0.5, 0.6) is 17.6 Å². The van der Waals surface area contributed by atoms with Crippen LogP contribution in [-0.4, -0.2) is 65.8 Å². The fraction of sp³-hybridized carbons (Fsp3) is 0.200. The van der Waals surface area contributed by atoms with E-state index in [1.165, 1.54) is 55.6 Å². The molecule has 22 nitrogen and oxygen atoms in total. The largest absolute Gasteiger partial charge is 0.477 e. The summed E-state index contributed by atoms with van der Waals surface area (Å²) in [7, 11) is -6.55. The van der Waals surface area contributed by atoms with Crippen LogP contribution in [0.2, 0.25) is 45.2 Å². The Hall–Kier alpha value is -11.8. The normalized spacial score (nSPS) is 14.5. The Balaban J connectivity index is 1.03. The van der Waals surface area contributed by atoms with Crippen LogP contribution in [0.15, 0.2) is 324 Å². The second-order valence-electron chi connectivity index (χ2n) is 34.5. The van der Waals surface area contributed by atoms with Crippen LogP contribution in [-0.2, 0) is 102 Å². The van der Waals surface area contributed by atoms with Gasteiger partial charge in [0.1, 0.15) is 51.7 Å². The van der Waals surface area contributed by atoms with Crippen LogP contribution in [0.4, 0.5) is 0 Å². The average Bonchev–Trinajstić information content (AvgIpc) is 0.834. The molecule has 0 aliphatic carbocycles. The van der Waals surface area contributed by atoms with Crippen molar-refractivity contribution in [2.24, 2.45) is 0 Å². The summed E-state index contributed by atoms with van der Waals surface area (Å²) in [6.07, 6.45) is 5.59. The number of hydrogen-bond acceptors (Lipinski definition) is 19. The number of hydrogen-bond donors (Lipinski definition) is 0. The topological polar surface area (TPSA) is 232 Å². The van der Waals surface area contributed by atoms with Gasteiger partial charge in [0.05, 0.1) is 114 Å². The molecule has 9 aromatic carbocycles. The standard InChI is InChI=1S/C105H84Cl9N6O16P/c1-100(2)128-61-70(131-100)58-125-97-88-82(121)46-85(118(94(88)79(112)55-115-97)91-73(106)40-25-41-74(91)107)103(49-64-28-13-7-14-29-64,50-65-30-15-8-16-31-65)134-137(124,135-104(51-66-32-17-9-18-33-66,52-67-34-19-10-20-35-67)86-47-83(122)89-95(119(86)92-75(108)42-26-43-76(92)109)80(113)56-116-98(89)126-59-71-62-129-101(3,4)132-71)136-105(53-68-36-21-11-22-37-68,54-69-38-23-12-24-39-69)87-48-84(123)90-96(120(87)93-77(110)44-27-45-78(93)111)81(114)57-117-99(90)127-60-72-63-130-102(5,6)133-72/h7-48,55-57,61-63H,49-54,58-60H2,1-6H3. The molecule has 0 fully saturated rings. The van der Waals surface area contributed by atoms with Gasteiger partial charge in [0.15, 0.2) is 53.4 Å². The first-order valence-corrected chi connectivity index (χ1v) is 48.2. The highest BCUT2D eigenvalue weighted by molar-refractivity contribution is 7.48. The van der Waals surface area contributed by atoms with Gasteiger partial charge in [-0.3, -0.25) is 28.0 Å². The van der Waals surface area contributed by atoms with Crippen molar-refractivity contribution < 1.29 is 60.8 Å². The van der Waals surface area contributed by atoms with E-state index in [-0.39, 0.29) is 167 Å². The van der Waals surface area contributed by atoms with E-state index >= 15 is 18.9 Å². The van der Waals surface area contributed by atoms with Gasteiger partial charge < -0.3 is 56.3 Å². The van der Waals surface area contributed by atoms with Gasteiger partial charge in [0.25, 0.3) is 0 Å². The molecule has 698 valence electrons. The molecule has 0 unspecified atom stereocenters. The van der Waals surface area contributed by atoms with Crippen molar-refractivity contribution >= 4 is 145 Å². The van der Waals surface area contributed by atoms with Crippen molar-refractivity contribution in [1.29, 1.82) is 0 Å². The maximum absolute atomic E-state index is 21.1. The number of phosphoric ester groups is 1. The van der Waals surface area contributed by atoms with E-state index < -0.39 is 96.8 Å². The summed E-state index contributed by atoms with van der Waals surface area (Å²) in [5, 5.41) is -1.11. The quantitative estimate of drug-likeness (QED) is 0.0348. The Morgan fingerprint density at radius 2 is 0.518 bits per heavy atom. The van der Waals surface area contributed by atoms with Gasteiger partial charge in [-0.05, 0) is 69.8 Å². The number of rotatable bonds is 33. The molecule has 32 heteroatoms. The van der Waals surface area contributed by atoms with Gasteiger partial charge in [-0.2, -0.15) is 0 Å². The first kappa shape index (κ1) is 95.5. The minimum absolute atomic E-state index is 0.00452. The molecule has 18 rings (SSSR count). The van der Waals surface area contributed by atoms with Crippen molar-refractivity contribution in [2.45, 2.75) is 114 Å². The molecule has 137 heavy (non-hydrogen) atoms. The van der Waals surface area contributed by atoms with Gasteiger partial charge >= 0.3 is 7.82 Å². The van der Waals surface area contributed by atoms with Gasteiger partial charge in [0.2, 0.25) is 35.0 Å². The fourth-order valence-corrected chi connectivity index (χ4v) is 22.1. The van der Waals surface area contributed by atoms with Gasteiger partial charge in [-0.15, -0.1) is 0 Å². The van der Waals surface area contributed by atoms with Crippen LogP contribution < -0.4 is 30.5 Å². The third-order valence-corrected chi connectivity index (χ3v) is 27.6. The molecule has 0 saturated carbocycles. The lowest BCUT2D eigenvalue weighted by atomic mass is 9.84. The van der Waals surface area contributed by atoms with E-state index in [4.69, 9.17) is 176 Å². The number of aromatic nitrogens is 6. The molecule has 6 aromatic heterocycles. The highest BCUT2D eigenvalue weighted by atomic mass is 35.5. The smallest absolute Gasteiger partial charge is 0.469 e. The Kier molecular flexibility index (Phi) is 27.4. The van der Waals surface area contributed by atoms with Crippen molar-refractivity contribution in [1.82, 2.24) is 28.7 Å². The van der Waals surface area contributed by atoms with Crippen LogP contribution in [0.25, 0.3) is 49.8 Å². The Morgan fingerprint density at radius 1 is 0.307 bits per heavy atom. The average molecular weight is 2040 g/mol. The van der Waals surface area contributed by atoms with Crippen molar-refractivity contribution in [3.63, 3.8) is 0 Å². The summed E-state index contributed by atoms with van der Waals surface area (Å²) in [5.74, 6) is -3.20. The molecule has 0 saturated heterocycles. The lowest BCUT2D eigenvalue weighted by Gasteiger charge is -2.46. The second kappa shape index (κ2) is 39.2. The molecule has 0 amide bonds. The summed E-state index contributed by atoms with van der Waals surface area (Å²) in [6.45, 7) is 9.40. The molecule has 0 radical (unpaired) electrons. The molecule has 0 spiro atoms. The molecule has 0 N–H and O–H groups in total. The minimum atomic E-state index is -6.55. The maximum Gasteiger partial charge on any atom is 0.477 e. The maximum atomic E-state index is 21.1. The molecule has 3 aliphatic rings. The number of nitrogens with zero attached hydrogens (tertiary/aromatic N) is 6. The summed E-state index contributed by atoms with van der Waals surface area (Å²) < 4.78 is 107. The molecule has 3 aliphatic heterocycles. The lowest BCUT2D eigenvalue weighted by molar-refractivity contribution is -0.119. The number of phosphoric acid groups is 1. The molecule has 15 aromatic rings. The highest BCUT2D eigenvalue weighted by Gasteiger charge is 2.57. The Bertz CT molecular complexity index is 6630. The van der Waals surface area contributed by atoms with E-state index in [2.05, 4.69) is 0 Å². The molecule has 9 heterocycles. The number of fused-ring (bicyclic) bond motifs is 3. The zero-order valence-electron chi connectivity index (χ0n) is 74.1. The van der Waals surface area contributed by atoms with Crippen LogP contribution in [0.1, 0.15) is 92.0 Å². The lowest BCUT2D eigenvalue weighted by Crippen LogP contribution is -2.45. The predicted molar refractivity (Wildman–Crippen MR) is 533 cm³/mol. The Labute approximate surface area is 832 Å². The third kappa shape index (κ3) is 20.2. The second-order valence-corrected chi connectivity index (χ2v) is 39.6. The SMILES string of the molecule is CC1(C)OC=C(COc2ncc(Cl)c3c2c(=O)cc(C(Cc2ccccc2)(Cc2ccccc2)OP(=O)(OC(Cc2ccccc2)(Cc2ccccc2)c2cc(=O)c4c(OCC5=COC(C)(C)O5)ncc(Cl)c4n2-c2c(Cl)cccc2Cl)OC(Cc2ccccc2)(Cc2ccccc2)c2cc(=O)c4c(OCC5=COC(C)(C)O5)ncc(Cl)c4n2-c2c(Cl)cccc2Cl)n3-c2c(Cl)cccc2Cl)O1. The summed E-state index contributed by atoms with van der Waals surface area (Å²) in [6, 6.07) is 72.9. The first-order chi connectivity index (χ1) is 65.8. The van der Waals surface area contributed by atoms with E-state index in [1.807, 2.05) is 109 Å². The zero-order chi connectivity index (χ0) is 95.9. The zero-order valence-corrected chi connectivity index (χ0v) is 81.8. The number of pyridine rings is 6. The number of para-hydroxylation sites is 3. The predicted octanol–water partition coefficient (Wildman–Crippen LogP) is 26.3. The van der Waals surface area contributed by atoms with Crippen molar-refractivity contribution in [2.75, 3.05) is 19.8 Å². The molecule has 0 atom stereocenters. The molecular formula is C105H84Cl9N6O16P.